The lowest BCUT2D eigenvalue weighted by Gasteiger charge is -2.26. The summed E-state index contributed by atoms with van der Waals surface area (Å²) in [4.78, 5) is 9.44. The Labute approximate surface area is 114 Å². The van der Waals surface area contributed by atoms with E-state index in [0.29, 0.717) is 5.13 Å². The van der Waals surface area contributed by atoms with Crippen molar-refractivity contribution in [1.29, 1.82) is 0 Å². The number of anilines is 1. The molecule has 1 aromatic rings. The van der Waals surface area contributed by atoms with E-state index in [1.807, 2.05) is 0 Å². The number of aromatic nitrogens is 1. The third kappa shape index (κ3) is 3.43. The summed E-state index contributed by atoms with van der Waals surface area (Å²) in [7, 11) is 0. The highest BCUT2D eigenvalue weighted by atomic mass is 32.1. The van der Waals surface area contributed by atoms with Gasteiger partial charge < -0.3 is 10.6 Å². The first-order chi connectivity index (χ1) is 8.72. The molecule has 1 saturated heterocycles. The molecule has 1 aliphatic heterocycles. The van der Waals surface area contributed by atoms with Gasteiger partial charge in [-0.25, -0.2) is 4.98 Å². The van der Waals surface area contributed by atoms with Crippen LogP contribution in [0.3, 0.4) is 0 Å². The third-order valence-electron chi connectivity index (χ3n) is 3.83. The summed E-state index contributed by atoms with van der Waals surface area (Å²) in [5.41, 5.74) is 6.79. The molecule has 1 atom stereocenters. The highest BCUT2D eigenvalue weighted by Gasteiger charge is 2.25. The Balaban J connectivity index is 1.76. The van der Waals surface area contributed by atoms with Gasteiger partial charge in [0, 0.05) is 30.9 Å². The van der Waals surface area contributed by atoms with Crippen molar-refractivity contribution in [3.8, 4) is 0 Å². The van der Waals surface area contributed by atoms with Crippen LogP contribution in [0.4, 0.5) is 5.13 Å². The van der Waals surface area contributed by atoms with Crippen molar-refractivity contribution in [2.24, 2.45) is 0 Å². The number of likely N-dealkylation sites (tertiary alicyclic amines) is 1. The molecule has 0 amide bonds. The second-order valence-corrected chi connectivity index (χ2v) is 5.78. The molecular formula is C13H24N4S. The van der Waals surface area contributed by atoms with Gasteiger partial charge in [-0.3, -0.25) is 4.90 Å². The Kier molecular flexibility index (Phi) is 4.97. The van der Waals surface area contributed by atoms with E-state index in [0.717, 1.165) is 37.8 Å². The second-order valence-electron chi connectivity index (χ2n) is 4.89. The van der Waals surface area contributed by atoms with Crippen LogP contribution in [0, 0.1) is 0 Å². The maximum Gasteiger partial charge on any atom is 0.180 e. The average molecular weight is 268 g/mol. The van der Waals surface area contributed by atoms with Gasteiger partial charge in [-0.1, -0.05) is 13.8 Å². The van der Waals surface area contributed by atoms with Crippen molar-refractivity contribution in [2.45, 2.75) is 32.7 Å². The molecule has 0 spiro atoms. The summed E-state index contributed by atoms with van der Waals surface area (Å²) in [6.07, 6.45) is 2.33. The van der Waals surface area contributed by atoms with E-state index in [4.69, 9.17) is 5.73 Å². The first kappa shape index (κ1) is 13.8. The molecule has 0 bridgehead atoms. The number of nitrogens with two attached hydrogens (primary N) is 1. The van der Waals surface area contributed by atoms with Crippen LogP contribution in [-0.2, 0) is 6.42 Å². The molecule has 1 fully saturated rings. The number of thiazole rings is 1. The Morgan fingerprint density at radius 3 is 2.89 bits per heavy atom. The van der Waals surface area contributed by atoms with Crippen LogP contribution >= 0.6 is 11.3 Å². The monoisotopic (exact) mass is 268 g/mol. The van der Waals surface area contributed by atoms with Crippen LogP contribution in [-0.4, -0.2) is 53.5 Å². The average Bonchev–Trinajstić information content (AvgIpc) is 2.98. The number of nitrogen functional groups attached to an aromatic ring is 1. The molecule has 2 rings (SSSR count). The molecule has 1 unspecified atom stereocenters. The predicted molar refractivity (Wildman–Crippen MR) is 78.0 cm³/mol. The summed E-state index contributed by atoms with van der Waals surface area (Å²) in [5, 5.41) is 2.76. The van der Waals surface area contributed by atoms with E-state index in [2.05, 4.69) is 34.0 Å². The highest BCUT2D eigenvalue weighted by molar-refractivity contribution is 7.13. The summed E-state index contributed by atoms with van der Waals surface area (Å²) in [6.45, 7) is 10.4. The Morgan fingerprint density at radius 1 is 1.50 bits per heavy atom. The van der Waals surface area contributed by atoms with Crippen LogP contribution in [0.15, 0.2) is 5.38 Å². The molecule has 2 N–H and O–H groups in total. The molecule has 2 heterocycles. The maximum atomic E-state index is 5.65. The summed E-state index contributed by atoms with van der Waals surface area (Å²) in [5.74, 6) is 0. The maximum absolute atomic E-state index is 5.65. The molecule has 0 radical (unpaired) electrons. The highest BCUT2D eigenvalue weighted by Crippen LogP contribution is 2.17. The van der Waals surface area contributed by atoms with Gasteiger partial charge in [0.15, 0.2) is 5.13 Å². The summed E-state index contributed by atoms with van der Waals surface area (Å²) in [6, 6.07) is 0.750. The van der Waals surface area contributed by atoms with E-state index in [-0.39, 0.29) is 0 Å². The molecule has 102 valence electrons. The van der Waals surface area contributed by atoms with E-state index in [1.165, 1.54) is 30.8 Å². The molecule has 5 heteroatoms. The first-order valence-corrected chi connectivity index (χ1v) is 7.77. The zero-order valence-corrected chi connectivity index (χ0v) is 12.2. The molecule has 1 aliphatic rings. The molecule has 0 aromatic carbocycles. The van der Waals surface area contributed by atoms with Crippen LogP contribution in [0.1, 0.15) is 26.0 Å². The lowest BCUT2D eigenvalue weighted by molar-refractivity contribution is 0.211. The minimum Gasteiger partial charge on any atom is -0.375 e. The Bertz CT molecular complexity index is 362. The molecule has 1 aromatic heterocycles. The van der Waals surface area contributed by atoms with Crippen LogP contribution in [0.5, 0.6) is 0 Å². The lowest BCUT2D eigenvalue weighted by atomic mass is 10.2. The second kappa shape index (κ2) is 6.50. The number of rotatable bonds is 6. The predicted octanol–water partition coefficient (Wildman–Crippen LogP) is 1.68. The van der Waals surface area contributed by atoms with Crippen LogP contribution < -0.4 is 5.73 Å². The minimum absolute atomic E-state index is 0.687. The first-order valence-electron chi connectivity index (χ1n) is 6.89. The SMILES string of the molecule is CCN(CC)C1CCN(CCc2csc(N)n2)C1. The smallest absolute Gasteiger partial charge is 0.180 e. The van der Waals surface area contributed by atoms with Crippen LogP contribution in [0.25, 0.3) is 0 Å². The van der Waals surface area contributed by atoms with Gasteiger partial charge in [0.1, 0.15) is 0 Å². The van der Waals surface area contributed by atoms with E-state index in [1.54, 1.807) is 0 Å². The van der Waals surface area contributed by atoms with Crippen LogP contribution in [0.2, 0.25) is 0 Å². The fourth-order valence-electron chi connectivity index (χ4n) is 2.76. The zero-order valence-electron chi connectivity index (χ0n) is 11.4. The largest absolute Gasteiger partial charge is 0.375 e. The van der Waals surface area contributed by atoms with Gasteiger partial charge in [0.25, 0.3) is 0 Å². The quantitative estimate of drug-likeness (QED) is 0.853. The van der Waals surface area contributed by atoms with Gasteiger partial charge in [0.05, 0.1) is 5.69 Å². The van der Waals surface area contributed by atoms with Crippen molar-refractivity contribution in [3.05, 3.63) is 11.1 Å². The Hall–Kier alpha value is -0.650. The third-order valence-corrected chi connectivity index (χ3v) is 4.55. The van der Waals surface area contributed by atoms with Crippen molar-refractivity contribution in [2.75, 3.05) is 38.5 Å². The van der Waals surface area contributed by atoms with Crippen molar-refractivity contribution >= 4 is 16.5 Å². The number of nitrogens with zero attached hydrogens (tertiary/aromatic N) is 3. The fraction of sp³-hybridized carbons (Fsp3) is 0.769. The Morgan fingerprint density at radius 2 is 2.28 bits per heavy atom. The van der Waals surface area contributed by atoms with Gasteiger partial charge >= 0.3 is 0 Å². The van der Waals surface area contributed by atoms with E-state index >= 15 is 0 Å². The number of hydrogen-bond donors (Lipinski definition) is 1. The van der Waals surface area contributed by atoms with Gasteiger partial charge in [-0.05, 0) is 26.1 Å². The normalized spacial score (nSPS) is 20.9. The van der Waals surface area contributed by atoms with Gasteiger partial charge in [-0.15, -0.1) is 11.3 Å². The van der Waals surface area contributed by atoms with Crippen molar-refractivity contribution in [3.63, 3.8) is 0 Å². The number of likely N-dealkylation sites (N-methyl/N-ethyl adjacent to an activating group) is 1. The molecule has 18 heavy (non-hydrogen) atoms. The molecule has 4 nitrogen and oxygen atoms in total. The topological polar surface area (TPSA) is 45.4 Å². The van der Waals surface area contributed by atoms with Gasteiger partial charge in [-0.2, -0.15) is 0 Å². The van der Waals surface area contributed by atoms with Crippen molar-refractivity contribution in [1.82, 2.24) is 14.8 Å². The molecule has 0 saturated carbocycles. The summed E-state index contributed by atoms with van der Waals surface area (Å²) < 4.78 is 0. The summed E-state index contributed by atoms with van der Waals surface area (Å²) >= 11 is 1.54. The van der Waals surface area contributed by atoms with E-state index in [9.17, 15) is 0 Å². The van der Waals surface area contributed by atoms with Crippen molar-refractivity contribution < 1.29 is 0 Å². The standard InChI is InChI=1S/C13H24N4S/c1-3-17(4-2)12-6-8-16(9-12)7-5-11-10-18-13(14)15-11/h10,12H,3-9H2,1-2H3,(H2,14,15). The zero-order chi connectivity index (χ0) is 13.0. The minimum atomic E-state index is 0.687. The number of hydrogen-bond acceptors (Lipinski definition) is 5. The fourth-order valence-corrected chi connectivity index (χ4v) is 3.36. The van der Waals surface area contributed by atoms with E-state index < -0.39 is 0 Å². The lowest BCUT2D eigenvalue weighted by Crippen LogP contribution is -2.37. The van der Waals surface area contributed by atoms with Gasteiger partial charge in [0.2, 0.25) is 0 Å². The molecular weight excluding hydrogens is 244 g/mol. The molecule has 0 aliphatic carbocycles.